The van der Waals surface area contributed by atoms with Crippen molar-refractivity contribution in [1.29, 1.82) is 0 Å². The van der Waals surface area contributed by atoms with E-state index in [1.54, 1.807) is 6.92 Å². The number of hydrogen-bond donors (Lipinski definition) is 2. The third kappa shape index (κ3) is 5.32. The summed E-state index contributed by atoms with van der Waals surface area (Å²) in [4.78, 5) is 11.9. The Bertz CT molecular complexity index is 1020. The van der Waals surface area contributed by atoms with E-state index in [0.717, 1.165) is 28.6 Å². The first-order chi connectivity index (χ1) is 12.5. The van der Waals surface area contributed by atoms with Crippen molar-refractivity contribution in [2.24, 2.45) is 5.14 Å². The fourth-order valence-corrected chi connectivity index (χ4v) is 4.13. The summed E-state index contributed by atoms with van der Waals surface area (Å²) in [6.45, 7) is 1.12. The van der Waals surface area contributed by atoms with Crippen molar-refractivity contribution in [2.45, 2.75) is 16.7 Å². The molecule has 27 heavy (non-hydrogen) atoms. The Kier molecular flexibility index (Phi) is 6.31. The largest absolute Gasteiger partial charge is 0.325 e. The van der Waals surface area contributed by atoms with E-state index in [-0.39, 0.29) is 22.0 Å². The molecule has 0 unspecified atom stereocenters. The number of benzene rings is 2. The Morgan fingerprint density at radius 2 is 1.52 bits per heavy atom. The maximum atomic E-state index is 13.0. The molecule has 0 aliphatic heterocycles. The van der Waals surface area contributed by atoms with Gasteiger partial charge < -0.3 is 5.32 Å². The summed E-state index contributed by atoms with van der Waals surface area (Å²) in [6.07, 6.45) is 0. The summed E-state index contributed by atoms with van der Waals surface area (Å²) >= 11 is 0. The Morgan fingerprint density at radius 3 is 2.00 bits per heavy atom. The number of sulfonamides is 2. The third-order valence-corrected chi connectivity index (χ3v) is 6.45. The van der Waals surface area contributed by atoms with Crippen molar-refractivity contribution in [1.82, 2.24) is 4.31 Å². The molecule has 0 aliphatic rings. The lowest BCUT2D eigenvalue weighted by atomic mass is 10.3. The molecule has 0 saturated carbocycles. The Hall–Kier alpha value is -2.34. The minimum atomic E-state index is -3.97. The fraction of sp³-hybridized carbons (Fsp3) is 0.188. The molecule has 0 bridgehead atoms. The number of hydrogen-bond acceptors (Lipinski definition) is 5. The zero-order valence-electron chi connectivity index (χ0n) is 14.3. The Morgan fingerprint density at radius 1 is 1.00 bits per heavy atom. The lowest BCUT2D eigenvalue weighted by Gasteiger charge is -2.20. The number of carbonyl (C=O) groups is 1. The maximum absolute atomic E-state index is 13.0. The second kappa shape index (κ2) is 8.13. The highest BCUT2D eigenvalue weighted by Crippen LogP contribution is 2.17. The van der Waals surface area contributed by atoms with Crippen LogP contribution in [0.25, 0.3) is 0 Å². The normalized spacial score (nSPS) is 12.1. The van der Waals surface area contributed by atoms with Gasteiger partial charge in [0.2, 0.25) is 26.0 Å². The number of nitrogens with two attached hydrogens (primary N) is 1. The van der Waals surface area contributed by atoms with E-state index in [9.17, 15) is 26.0 Å². The second-order valence-corrected chi connectivity index (χ2v) is 9.00. The molecule has 3 N–H and O–H groups in total. The summed E-state index contributed by atoms with van der Waals surface area (Å²) < 4.78 is 61.5. The van der Waals surface area contributed by atoms with Crippen molar-refractivity contribution in [3.05, 3.63) is 54.3 Å². The number of rotatable bonds is 7. The predicted molar refractivity (Wildman–Crippen MR) is 97.3 cm³/mol. The van der Waals surface area contributed by atoms with Gasteiger partial charge in [0.25, 0.3) is 0 Å². The topological polar surface area (TPSA) is 127 Å². The van der Waals surface area contributed by atoms with E-state index >= 15 is 0 Å². The molecule has 0 heterocycles. The van der Waals surface area contributed by atoms with Crippen LogP contribution in [0.2, 0.25) is 0 Å². The Labute approximate surface area is 156 Å². The minimum absolute atomic E-state index is 0.0253. The van der Waals surface area contributed by atoms with Gasteiger partial charge in [-0.1, -0.05) is 6.92 Å². The second-order valence-electron chi connectivity index (χ2n) is 5.50. The summed E-state index contributed by atoms with van der Waals surface area (Å²) in [5, 5.41) is 7.47. The van der Waals surface area contributed by atoms with Gasteiger partial charge in [-0.2, -0.15) is 4.31 Å². The Balaban J connectivity index is 2.11. The lowest BCUT2D eigenvalue weighted by molar-refractivity contribution is -0.116. The predicted octanol–water partition coefficient (Wildman–Crippen LogP) is 1.12. The maximum Gasteiger partial charge on any atom is 0.243 e. The number of likely N-dealkylation sites (N-methyl/N-ethyl adjacent to an activating group) is 1. The number of carbonyl (C=O) groups excluding carboxylic acids is 1. The van der Waals surface area contributed by atoms with Gasteiger partial charge >= 0.3 is 0 Å². The van der Waals surface area contributed by atoms with Gasteiger partial charge in [0.15, 0.2) is 0 Å². The van der Waals surface area contributed by atoms with E-state index in [1.165, 1.54) is 24.3 Å². The van der Waals surface area contributed by atoms with Crippen LogP contribution in [0.1, 0.15) is 6.92 Å². The highest BCUT2D eigenvalue weighted by Gasteiger charge is 2.25. The van der Waals surface area contributed by atoms with Gasteiger partial charge in [-0.15, -0.1) is 0 Å². The molecule has 0 atom stereocenters. The summed E-state index contributed by atoms with van der Waals surface area (Å²) in [5.41, 5.74) is 0.280. The van der Waals surface area contributed by atoms with Crippen LogP contribution >= 0.6 is 0 Å². The number of halogens is 1. The number of nitrogens with zero attached hydrogens (tertiary/aromatic N) is 1. The van der Waals surface area contributed by atoms with Crippen LogP contribution in [0.3, 0.4) is 0 Å². The summed E-state index contributed by atoms with van der Waals surface area (Å²) in [5.74, 6) is -1.19. The summed E-state index contributed by atoms with van der Waals surface area (Å²) in [6, 6.07) is 9.40. The van der Waals surface area contributed by atoms with Gasteiger partial charge in [-0.25, -0.2) is 26.4 Å². The molecule has 0 radical (unpaired) electrons. The minimum Gasteiger partial charge on any atom is -0.325 e. The average molecular weight is 415 g/mol. The van der Waals surface area contributed by atoms with Gasteiger partial charge in [-0.05, 0) is 48.5 Å². The molecule has 0 spiro atoms. The monoisotopic (exact) mass is 415 g/mol. The number of nitrogens with one attached hydrogen (secondary N) is 1. The molecular formula is C16H18FN3O5S2. The van der Waals surface area contributed by atoms with E-state index in [2.05, 4.69) is 5.32 Å². The van der Waals surface area contributed by atoms with Crippen molar-refractivity contribution < 1.29 is 26.0 Å². The molecule has 2 aromatic carbocycles. The molecule has 0 fully saturated rings. The van der Waals surface area contributed by atoms with Crippen LogP contribution in [0.15, 0.2) is 58.3 Å². The van der Waals surface area contributed by atoms with Crippen LogP contribution in [-0.2, 0) is 24.8 Å². The standard InChI is InChI=1S/C16H18FN3O5S2/c1-2-20(27(24,25)15-7-3-12(17)4-8-15)11-16(21)19-13-5-9-14(10-6-13)26(18,22)23/h3-10H,2,11H2,1H3,(H,19,21)(H2,18,22,23). The van der Waals surface area contributed by atoms with Gasteiger partial charge in [0.1, 0.15) is 5.82 Å². The van der Waals surface area contributed by atoms with Crippen LogP contribution in [0.5, 0.6) is 0 Å². The first-order valence-electron chi connectivity index (χ1n) is 7.72. The van der Waals surface area contributed by atoms with Crippen molar-refractivity contribution >= 4 is 31.6 Å². The van der Waals surface area contributed by atoms with E-state index < -0.39 is 38.3 Å². The molecule has 0 saturated heterocycles. The molecular weight excluding hydrogens is 397 g/mol. The van der Waals surface area contributed by atoms with Gasteiger partial charge in [0.05, 0.1) is 16.3 Å². The van der Waals surface area contributed by atoms with Crippen molar-refractivity contribution in [2.75, 3.05) is 18.4 Å². The SMILES string of the molecule is CCN(CC(=O)Nc1ccc(S(N)(=O)=O)cc1)S(=O)(=O)c1ccc(F)cc1. The molecule has 1 amide bonds. The third-order valence-electron chi connectivity index (χ3n) is 3.59. The number of primary sulfonamides is 1. The first kappa shape index (κ1) is 21.0. The lowest BCUT2D eigenvalue weighted by Crippen LogP contribution is -2.37. The highest BCUT2D eigenvalue weighted by molar-refractivity contribution is 7.89. The van der Waals surface area contributed by atoms with Crippen molar-refractivity contribution in [3.8, 4) is 0 Å². The average Bonchev–Trinajstić information content (AvgIpc) is 2.59. The molecule has 0 aromatic heterocycles. The molecule has 8 nitrogen and oxygen atoms in total. The highest BCUT2D eigenvalue weighted by atomic mass is 32.2. The van der Waals surface area contributed by atoms with Crippen LogP contribution < -0.4 is 10.5 Å². The van der Waals surface area contributed by atoms with E-state index in [0.29, 0.717) is 0 Å². The number of anilines is 1. The van der Waals surface area contributed by atoms with Crippen LogP contribution in [0.4, 0.5) is 10.1 Å². The van der Waals surface area contributed by atoms with E-state index in [1.807, 2.05) is 0 Å². The molecule has 2 rings (SSSR count). The summed E-state index contributed by atoms with van der Waals surface area (Å²) in [7, 11) is -7.82. The molecule has 2 aromatic rings. The van der Waals surface area contributed by atoms with Crippen molar-refractivity contribution in [3.63, 3.8) is 0 Å². The fourth-order valence-electron chi connectivity index (χ4n) is 2.21. The van der Waals surface area contributed by atoms with Gasteiger partial charge in [-0.3, -0.25) is 4.79 Å². The van der Waals surface area contributed by atoms with Crippen LogP contribution in [-0.4, -0.2) is 40.1 Å². The zero-order valence-corrected chi connectivity index (χ0v) is 15.9. The number of amides is 1. The molecule has 146 valence electrons. The first-order valence-corrected chi connectivity index (χ1v) is 10.7. The smallest absolute Gasteiger partial charge is 0.243 e. The molecule has 11 heteroatoms. The zero-order chi connectivity index (χ0) is 20.2. The van der Waals surface area contributed by atoms with Crippen LogP contribution in [0, 0.1) is 5.82 Å². The molecule has 0 aliphatic carbocycles. The quantitative estimate of drug-likeness (QED) is 0.701. The van der Waals surface area contributed by atoms with E-state index in [4.69, 9.17) is 5.14 Å². The van der Waals surface area contributed by atoms with Gasteiger partial charge in [0, 0.05) is 12.2 Å².